The molecule has 2 atom stereocenters. The largest absolute Gasteiger partial charge is 0.497 e. The van der Waals surface area contributed by atoms with Crippen LogP contribution in [0.25, 0.3) is 11.3 Å². The van der Waals surface area contributed by atoms with Crippen molar-refractivity contribution in [3.63, 3.8) is 0 Å². The van der Waals surface area contributed by atoms with Crippen LogP contribution in [0.3, 0.4) is 0 Å². The zero-order valence-electron chi connectivity index (χ0n) is 18.8. The van der Waals surface area contributed by atoms with E-state index >= 15 is 0 Å². The maximum Gasteiger partial charge on any atom is 0.251 e. The minimum atomic E-state index is -1.69. The summed E-state index contributed by atoms with van der Waals surface area (Å²) in [6, 6.07) is 8.06. The lowest BCUT2D eigenvalue weighted by Gasteiger charge is -2.29. The normalized spacial score (nSPS) is 18.0. The van der Waals surface area contributed by atoms with Crippen molar-refractivity contribution in [2.24, 2.45) is 0 Å². The van der Waals surface area contributed by atoms with Crippen LogP contribution in [0.4, 0.5) is 13.9 Å². The SMILES string of the molecule is COc1cc(F)cc(-c2csc(NC(=O)[C@@H](C)NC(=O)c3ccc4c(c3)[C@](C)(F)COC4)n2)c1. The molecule has 178 valence electrons. The average Bonchev–Trinajstić information content (AvgIpc) is 3.26. The van der Waals surface area contributed by atoms with Crippen LogP contribution in [0.15, 0.2) is 41.8 Å². The van der Waals surface area contributed by atoms with E-state index in [2.05, 4.69) is 15.6 Å². The molecule has 2 aromatic carbocycles. The molecule has 1 aliphatic rings. The summed E-state index contributed by atoms with van der Waals surface area (Å²) in [5.74, 6) is -1.09. The maximum absolute atomic E-state index is 14.8. The number of thiazole rings is 1. The van der Waals surface area contributed by atoms with Gasteiger partial charge >= 0.3 is 0 Å². The number of halogens is 2. The first-order valence-corrected chi connectivity index (χ1v) is 11.4. The summed E-state index contributed by atoms with van der Waals surface area (Å²) in [5, 5.41) is 7.24. The van der Waals surface area contributed by atoms with Crippen molar-refractivity contribution >= 4 is 28.3 Å². The van der Waals surface area contributed by atoms with E-state index in [1.54, 1.807) is 23.6 Å². The lowest BCUT2D eigenvalue weighted by atomic mass is 9.90. The third-order valence-corrected chi connectivity index (χ3v) is 6.20. The van der Waals surface area contributed by atoms with Crippen molar-refractivity contribution in [2.45, 2.75) is 32.2 Å². The lowest BCUT2D eigenvalue weighted by molar-refractivity contribution is -0.117. The Morgan fingerprint density at radius 1 is 1.26 bits per heavy atom. The number of nitrogens with zero attached hydrogens (tertiary/aromatic N) is 1. The first kappa shape index (κ1) is 23.8. The fraction of sp³-hybridized carbons (Fsp3) is 0.292. The highest BCUT2D eigenvalue weighted by atomic mass is 32.1. The summed E-state index contributed by atoms with van der Waals surface area (Å²) in [6.07, 6.45) is 0. The summed E-state index contributed by atoms with van der Waals surface area (Å²) < 4.78 is 38.9. The predicted molar refractivity (Wildman–Crippen MR) is 124 cm³/mol. The van der Waals surface area contributed by atoms with Crippen molar-refractivity contribution in [2.75, 3.05) is 19.0 Å². The smallest absolute Gasteiger partial charge is 0.251 e. The molecule has 1 aliphatic heterocycles. The number of amides is 2. The van der Waals surface area contributed by atoms with Crippen LogP contribution in [0.2, 0.25) is 0 Å². The summed E-state index contributed by atoms with van der Waals surface area (Å²) >= 11 is 1.17. The van der Waals surface area contributed by atoms with E-state index < -0.39 is 29.3 Å². The van der Waals surface area contributed by atoms with Gasteiger partial charge in [0.15, 0.2) is 10.8 Å². The molecule has 0 saturated carbocycles. The molecular weight excluding hydrogens is 464 g/mol. The Kier molecular flexibility index (Phi) is 6.63. The zero-order chi connectivity index (χ0) is 24.5. The number of hydrogen-bond acceptors (Lipinski definition) is 6. The highest BCUT2D eigenvalue weighted by Gasteiger charge is 2.33. The highest BCUT2D eigenvalue weighted by molar-refractivity contribution is 7.14. The number of rotatable bonds is 6. The van der Waals surface area contributed by atoms with Gasteiger partial charge in [0.05, 0.1) is 26.0 Å². The second kappa shape index (κ2) is 9.47. The van der Waals surface area contributed by atoms with Crippen LogP contribution in [0, 0.1) is 5.82 Å². The molecule has 10 heteroatoms. The van der Waals surface area contributed by atoms with Crippen LogP contribution in [0.1, 0.15) is 35.3 Å². The van der Waals surface area contributed by atoms with Crippen LogP contribution < -0.4 is 15.4 Å². The number of fused-ring (bicyclic) bond motifs is 1. The zero-order valence-corrected chi connectivity index (χ0v) is 19.6. The van der Waals surface area contributed by atoms with Gasteiger partial charge in [0.25, 0.3) is 5.91 Å². The van der Waals surface area contributed by atoms with Gasteiger partial charge in [0, 0.05) is 22.6 Å². The van der Waals surface area contributed by atoms with E-state index in [-0.39, 0.29) is 18.8 Å². The van der Waals surface area contributed by atoms with Gasteiger partial charge in [-0.3, -0.25) is 9.59 Å². The van der Waals surface area contributed by atoms with Gasteiger partial charge in [0.1, 0.15) is 17.6 Å². The lowest BCUT2D eigenvalue weighted by Crippen LogP contribution is -2.41. The Bertz CT molecular complexity index is 1240. The van der Waals surface area contributed by atoms with Gasteiger partial charge in [-0.25, -0.2) is 13.8 Å². The molecule has 7 nitrogen and oxygen atoms in total. The van der Waals surface area contributed by atoms with Crippen molar-refractivity contribution in [3.05, 3.63) is 64.3 Å². The molecular formula is C24H23F2N3O4S. The molecule has 0 bridgehead atoms. The molecule has 0 spiro atoms. The number of carbonyl (C=O) groups is 2. The van der Waals surface area contributed by atoms with Gasteiger partial charge < -0.3 is 20.1 Å². The number of alkyl halides is 1. The second-order valence-electron chi connectivity index (χ2n) is 8.16. The van der Waals surface area contributed by atoms with Crippen molar-refractivity contribution in [1.82, 2.24) is 10.3 Å². The monoisotopic (exact) mass is 487 g/mol. The molecule has 0 saturated heterocycles. The highest BCUT2D eigenvalue weighted by Crippen LogP contribution is 2.34. The fourth-order valence-electron chi connectivity index (χ4n) is 3.61. The second-order valence-corrected chi connectivity index (χ2v) is 9.02. The predicted octanol–water partition coefficient (Wildman–Crippen LogP) is 4.43. The van der Waals surface area contributed by atoms with Gasteiger partial charge in [-0.15, -0.1) is 11.3 Å². The Balaban J connectivity index is 1.41. The fourth-order valence-corrected chi connectivity index (χ4v) is 4.33. The molecule has 3 aromatic rings. The van der Waals surface area contributed by atoms with Gasteiger partial charge in [-0.05, 0) is 49.2 Å². The maximum atomic E-state index is 14.8. The van der Waals surface area contributed by atoms with E-state index in [4.69, 9.17) is 9.47 Å². The van der Waals surface area contributed by atoms with E-state index in [0.29, 0.717) is 33.3 Å². The van der Waals surface area contributed by atoms with Crippen LogP contribution in [-0.4, -0.2) is 36.6 Å². The van der Waals surface area contributed by atoms with Crippen LogP contribution in [-0.2, 0) is 21.8 Å². The number of nitrogens with one attached hydrogen (secondary N) is 2. The molecule has 0 aliphatic carbocycles. The van der Waals surface area contributed by atoms with Crippen molar-refractivity contribution in [1.29, 1.82) is 0 Å². The number of aromatic nitrogens is 1. The van der Waals surface area contributed by atoms with E-state index in [1.165, 1.54) is 50.5 Å². The first-order chi connectivity index (χ1) is 16.2. The minimum Gasteiger partial charge on any atom is -0.497 e. The topological polar surface area (TPSA) is 89.6 Å². The van der Waals surface area contributed by atoms with Gasteiger partial charge in [-0.2, -0.15) is 0 Å². The Labute approximate surface area is 199 Å². The average molecular weight is 488 g/mol. The molecule has 2 heterocycles. The third kappa shape index (κ3) is 5.07. The quantitative estimate of drug-likeness (QED) is 0.537. The minimum absolute atomic E-state index is 0.0813. The molecule has 0 fully saturated rings. The van der Waals surface area contributed by atoms with Gasteiger partial charge in [0.2, 0.25) is 5.91 Å². The number of anilines is 1. The molecule has 0 radical (unpaired) electrons. The number of ether oxygens (including phenoxy) is 2. The Morgan fingerprint density at radius 2 is 2.06 bits per heavy atom. The number of benzene rings is 2. The van der Waals surface area contributed by atoms with E-state index in [9.17, 15) is 18.4 Å². The molecule has 2 N–H and O–H groups in total. The summed E-state index contributed by atoms with van der Waals surface area (Å²) in [5.41, 5.74) is 0.638. The van der Waals surface area contributed by atoms with E-state index in [0.717, 1.165) is 0 Å². The Morgan fingerprint density at radius 3 is 2.82 bits per heavy atom. The first-order valence-electron chi connectivity index (χ1n) is 10.5. The molecule has 1 aromatic heterocycles. The molecule has 2 amide bonds. The summed E-state index contributed by atoms with van der Waals surface area (Å²) in [4.78, 5) is 29.6. The number of hydrogen-bond donors (Lipinski definition) is 2. The third-order valence-electron chi connectivity index (χ3n) is 5.44. The Hall–Kier alpha value is -3.37. The van der Waals surface area contributed by atoms with Crippen LogP contribution >= 0.6 is 11.3 Å². The summed E-state index contributed by atoms with van der Waals surface area (Å²) in [6.45, 7) is 3.14. The molecule has 0 unspecified atom stereocenters. The molecule has 34 heavy (non-hydrogen) atoms. The number of methoxy groups -OCH3 is 1. The van der Waals surface area contributed by atoms with Crippen LogP contribution in [0.5, 0.6) is 5.75 Å². The van der Waals surface area contributed by atoms with Crippen molar-refractivity contribution in [3.8, 4) is 17.0 Å². The summed E-state index contributed by atoms with van der Waals surface area (Å²) in [7, 11) is 1.44. The van der Waals surface area contributed by atoms with Crippen molar-refractivity contribution < 1.29 is 27.8 Å². The molecule has 4 rings (SSSR count). The standard InChI is InChI=1S/C24H23F2N3O4S/c1-13(27-22(31)14-4-5-15-10-33-12-24(2,26)19(15)8-14)21(30)29-23-28-20(11-34-23)16-6-17(25)9-18(7-16)32-3/h4-9,11,13H,10,12H2,1-3H3,(H,27,31)(H,28,29,30)/t13-,24-/m1/s1. The number of carbonyl (C=O) groups excluding carboxylic acids is 2. The van der Waals surface area contributed by atoms with E-state index in [1.807, 2.05) is 0 Å². The van der Waals surface area contributed by atoms with Gasteiger partial charge in [-0.1, -0.05) is 6.07 Å².